The second-order valence-corrected chi connectivity index (χ2v) is 3.96. The van der Waals surface area contributed by atoms with Crippen molar-refractivity contribution < 1.29 is 8.81 Å². The first-order valence-corrected chi connectivity index (χ1v) is 5.76. The molecule has 0 aliphatic carbocycles. The first kappa shape index (κ1) is 11.9. The third kappa shape index (κ3) is 2.56. The molecule has 1 aromatic carbocycles. The molecule has 3 heteroatoms. The van der Waals surface area contributed by atoms with E-state index in [0.29, 0.717) is 5.56 Å². The summed E-state index contributed by atoms with van der Waals surface area (Å²) in [6.45, 7) is 4.62. The predicted molar refractivity (Wildman–Crippen MR) is 65.4 cm³/mol. The quantitative estimate of drug-likeness (QED) is 0.875. The van der Waals surface area contributed by atoms with Gasteiger partial charge in [0.15, 0.2) is 0 Å². The molecule has 1 atom stereocenters. The number of rotatable bonds is 4. The van der Waals surface area contributed by atoms with E-state index in [9.17, 15) is 4.39 Å². The van der Waals surface area contributed by atoms with Gasteiger partial charge in [-0.1, -0.05) is 25.1 Å². The van der Waals surface area contributed by atoms with Crippen LogP contribution >= 0.6 is 0 Å². The minimum absolute atomic E-state index is 0.215. The maximum absolute atomic E-state index is 13.8. The van der Waals surface area contributed by atoms with Gasteiger partial charge in [0.1, 0.15) is 17.3 Å². The van der Waals surface area contributed by atoms with Crippen LogP contribution in [-0.4, -0.2) is 6.54 Å². The van der Waals surface area contributed by atoms with Crippen LogP contribution in [0.15, 0.2) is 40.8 Å². The van der Waals surface area contributed by atoms with Crippen LogP contribution in [-0.2, 0) is 0 Å². The van der Waals surface area contributed by atoms with Crippen molar-refractivity contribution in [1.82, 2.24) is 5.32 Å². The van der Waals surface area contributed by atoms with Crippen LogP contribution in [0.1, 0.15) is 30.0 Å². The Kier molecular flexibility index (Phi) is 3.59. The zero-order chi connectivity index (χ0) is 12.3. The van der Waals surface area contributed by atoms with Crippen molar-refractivity contribution in [2.75, 3.05) is 6.54 Å². The highest BCUT2D eigenvalue weighted by Crippen LogP contribution is 2.25. The van der Waals surface area contributed by atoms with Crippen molar-refractivity contribution in [2.45, 2.75) is 19.9 Å². The summed E-state index contributed by atoms with van der Waals surface area (Å²) in [4.78, 5) is 0. The molecule has 0 radical (unpaired) electrons. The zero-order valence-corrected chi connectivity index (χ0v) is 10.0. The van der Waals surface area contributed by atoms with Crippen molar-refractivity contribution in [2.24, 2.45) is 0 Å². The number of hydrogen-bond acceptors (Lipinski definition) is 2. The molecule has 2 aromatic rings. The van der Waals surface area contributed by atoms with Crippen molar-refractivity contribution in [3.05, 3.63) is 59.3 Å². The maximum atomic E-state index is 13.8. The average molecular weight is 233 g/mol. The monoisotopic (exact) mass is 233 g/mol. The fourth-order valence-electron chi connectivity index (χ4n) is 1.89. The maximum Gasteiger partial charge on any atom is 0.128 e. The molecular weight excluding hydrogens is 217 g/mol. The van der Waals surface area contributed by atoms with Crippen LogP contribution in [0.3, 0.4) is 0 Å². The van der Waals surface area contributed by atoms with Gasteiger partial charge in [0.2, 0.25) is 0 Å². The molecule has 0 bridgehead atoms. The SMILES string of the molecule is CCNC(c1ccc(C)o1)c1ccccc1F. The molecule has 0 saturated carbocycles. The highest BCUT2D eigenvalue weighted by atomic mass is 19.1. The molecule has 1 N–H and O–H groups in total. The van der Waals surface area contributed by atoms with E-state index in [1.807, 2.05) is 32.0 Å². The summed E-state index contributed by atoms with van der Waals surface area (Å²) in [7, 11) is 0. The highest BCUT2D eigenvalue weighted by molar-refractivity contribution is 5.28. The molecule has 0 aliphatic heterocycles. The summed E-state index contributed by atoms with van der Waals surface area (Å²) in [5.74, 6) is 1.36. The van der Waals surface area contributed by atoms with Gasteiger partial charge in [0.25, 0.3) is 0 Å². The molecule has 1 aromatic heterocycles. The molecule has 1 heterocycles. The van der Waals surface area contributed by atoms with Crippen LogP contribution in [0, 0.1) is 12.7 Å². The van der Waals surface area contributed by atoms with E-state index in [2.05, 4.69) is 5.32 Å². The molecule has 0 amide bonds. The third-order valence-corrected chi connectivity index (χ3v) is 2.67. The van der Waals surface area contributed by atoms with Crippen molar-refractivity contribution in [1.29, 1.82) is 0 Å². The summed E-state index contributed by atoms with van der Waals surface area (Å²) in [6.07, 6.45) is 0. The van der Waals surface area contributed by atoms with E-state index in [-0.39, 0.29) is 11.9 Å². The molecule has 1 unspecified atom stereocenters. The van der Waals surface area contributed by atoms with Crippen molar-refractivity contribution in [3.8, 4) is 0 Å². The van der Waals surface area contributed by atoms with Gasteiger partial charge in [-0.2, -0.15) is 0 Å². The van der Waals surface area contributed by atoms with Gasteiger partial charge in [-0.05, 0) is 31.7 Å². The van der Waals surface area contributed by atoms with Crippen LogP contribution < -0.4 is 5.32 Å². The summed E-state index contributed by atoms with van der Waals surface area (Å²) < 4.78 is 19.4. The lowest BCUT2D eigenvalue weighted by Crippen LogP contribution is -2.22. The lowest BCUT2D eigenvalue weighted by molar-refractivity contribution is 0.426. The Morgan fingerprint density at radius 3 is 2.59 bits per heavy atom. The Hall–Kier alpha value is -1.61. The van der Waals surface area contributed by atoms with Crippen LogP contribution in [0.2, 0.25) is 0 Å². The van der Waals surface area contributed by atoms with Crippen molar-refractivity contribution >= 4 is 0 Å². The van der Waals surface area contributed by atoms with Crippen LogP contribution in [0.25, 0.3) is 0 Å². The van der Waals surface area contributed by atoms with Gasteiger partial charge in [0.05, 0.1) is 6.04 Å². The molecule has 2 nitrogen and oxygen atoms in total. The van der Waals surface area contributed by atoms with E-state index < -0.39 is 0 Å². The van der Waals surface area contributed by atoms with Gasteiger partial charge in [-0.15, -0.1) is 0 Å². The zero-order valence-electron chi connectivity index (χ0n) is 10.0. The smallest absolute Gasteiger partial charge is 0.128 e. The van der Waals surface area contributed by atoms with E-state index in [4.69, 9.17) is 4.42 Å². The Balaban J connectivity index is 2.39. The Labute approximate surface area is 100 Å². The number of nitrogens with one attached hydrogen (secondary N) is 1. The molecule has 90 valence electrons. The number of hydrogen-bond donors (Lipinski definition) is 1. The third-order valence-electron chi connectivity index (χ3n) is 2.67. The molecule has 0 fully saturated rings. The van der Waals surface area contributed by atoms with Gasteiger partial charge in [-0.3, -0.25) is 0 Å². The van der Waals surface area contributed by atoms with Crippen LogP contribution in [0.4, 0.5) is 4.39 Å². The van der Waals surface area contributed by atoms with E-state index in [1.54, 1.807) is 12.1 Å². The molecular formula is C14H16FNO. The topological polar surface area (TPSA) is 25.2 Å². The van der Waals surface area contributed by atoms with Gasteiger partial charge in [-0.25, -0.2) is 4.39 Å². The summed E-state index contributed by atoms with van der Waals surface area (Å²) in [5.41, 5.74) is 0.615. The minimum atomic E-state index is -0.227. The average Bonchev–Trinajstić information content (AvgIpc) is 2.74. The Morgan fingerprint density at radius 2 is 2.00 bits per heavy atom. The second kappa shape index (κ2) is 5.15. The largest absolute Gasteiger partial charge is 0.464 e. The first-order valence-electron chi connectivity index (χ1n) is 5.76. The number of halogens is 1. The molecule has 2 rings (SSSR count). The molecule has 0 aliphatic rings. The van der Waals surface area contributed by atoms with E-state index in [1.165, 1.54) is 6.07 Å². The Morgan fingerprint density at radius 1 is 1.24 bits per heavy atom. The first-order chi connectivity index (χ1) is 8.22. The highest BCUT2D eigenvalue weighted by Gasteiger charge is 2.19. The fourth-order valence-corrected chi connectivity index (χ4v) is 1.89. The molecule has 0 saturated heterocycles. The Bertz CT molecular complexity index is 492. The van der Waals surface area contributed by atoms with Gasteiger partial charge >= 0.3 is 0 Å². The summed E-state index contributed by atoms with van der Waals surface area (Å²) >= 11 is 0. The summed E-state index contributed by atoms with van der Waals surface area (Å²) in [6, 6.07) is 10.3. The number of benzene rings is 1. The molecule has 0 spiro atoms. The van der Waals surface area contributed by atoms with Gasteiger partial charge in [0, 0.05) is 5.56 Å². The number of furan rings is 1. The van der Waals surface area contributed by atoms with Crippen molar-refractivity contribution in [3.63, 3.8) is 0 Å². The second-order valence-electron chi connectivity index (χ2n) is 3.96. The van der Waals surface area contributed by atoms with E-state index in [0.717, 1.165) is 18.1 Å². The molecule has 17 heavy (non-hydrogen) atoms. The lowest BCUT2D eigenvalue weighted by Gasteiger charge is -2.16. The number of aryl methyl sites for hydroxylation is 1. The predicted octanol–water partition coefficient (Wildman–Crippen LogP) is 3.43. The minimum Gasteiger partial charge on any atom is -0.464 e. The summed E-state index contributed by atoms with van der Waals surface area (Å²) in [5, 5.41) is 3.24. The van der Waals surface area contributed by atoms with Crippen LogP contribution in [0.5, 0.6) is 0 Å². The fraction of sp³-hybridized carbons (Fsp3) is 0.286. The standard InChI is InChI=1S/C14H16FNO/c1-3-16-14(13-9-8-10(2)17-13)11-6-4-5-7-12(11)15/h4-9,14,16H,3H2,1-2H3. The van der Waals surface area contributed by atoms with Gasteiger partial charge < -0.3 is 9.73 Å². The lowest BCUT2D eigenvalue weighted by atomic mass is 10.0. The normalized spacial score (nSPS) is 12.6. The van der Waals surface area contributed by atoms with E-state index >= 15 is 0 Å².